The van der Waals surface area contributed by atoms with Crippen molar-refractivity contribution in [3.63, 3.8) is 0 Å². The molecule has 0 radical (unpaired) electrons. The predicted octanol–water partition coefficient (Wildman–Crippen LogP) is 4.19. The molecule has 100 valence electrons. The summed E-state index contributed by atoms with van der Waals surface area (Å²) in [6.07, 6.45) is 4.05. The van der Waals surface area contributed by atoms with Crippen LogP contribution in [0.2, 0.25) is 0 Å². The van der Waals surface area contributed by atoms with Crippen LogP contribution in [0.1, 0.15) is 39.5 Å². The maximum Gasteiger partial charge on any atom is 0.227 e. The van der Waals surface area contributed by atoms with Crippen molar-refractivity contribution < 1.29 is 4.79 Å². The maximum atomic E-state index is 12.1. The number of hydrogen-bond donors (Lipinski definition) is 2. The highest BCUT2D eigenvalue weighted by molar-refractivity contribution is 9.10. The molecule has 0 aliphatic rings. The molecule has 3 nitrogen and oxygen atoms in total. The number of anilines is 2. The monoisotopic (exact) mass is 312 g/mol. The molecule has 0 heterocycles. The van der Waals surface area contributed by atoms with E-state index in [4.69, 9.17) is 5.73 Å². The quantitative estimate of drug-likeness (QED) is 0.774. The number of benzene rings is 1. The van der Waals surface area contributed by atoms with Gasteiger partial charge in [-0.25, -0.2) is 0 Å². The second kappa shape index (κ2) is 7.41. The summed E-state index contributed by atoms with van der Waals surface area (Å²) in [6.45, 7) is 4.19. The van der Waals surface area contributed by atoms with E-state index in [0.29, 0.717) is 5.69 Å². The minimum Gasteiger partial charge on any atom is -0.398 e. The van der Waals surface area contributed by atoms with Gasteiger partial charge in [-0.05, 0) is 47.0 Å². The SMILES string of the molecule is CCCCC(CC)C(=O)Nc1ccc(N)c(Br)c1. The third-order valence-electron chi connectivity index (χ3n) is 3.04. The molecule has 0 fully saturated rings. The van der Waals surface area contributed by atoms with E-state index in [9.17, 15) is 4.79 Å². The molecule has 1 rings (SSSR count). The van der Waals surface area contributed by atoms with Crippen molar-refractivity contribution in [3.8, 4) is 0 Å². The number of carbonyl (C=O) groups is 1. The number of nitrogens with two attached hydrogens (primary N) is 1. The van der Waals surface area contributed by atoms with E-state index in [1.54, 1.807) is 6.07 Å². The molecule has 0 aromatic heterocycles. The number of halogens is 1. The standard InChI is InChI=1S/C14H21BrN2O/c1-3-5-6-10(4-2)14(18)17-11-7-8-13(16)12(15)9-11/h7-10H,3-6,16H2,1-2H3,(H,17,18). The van der Waals surface area contributed by atoms with Gasteiger partial charge in [0.05, 0.1) is 0 Å². The molecule has 0 aliphatic carbocycles. The van der Waals surface area contributed by atoms with E-state index in [1.807, 2.05) is 12.1 Å². The fourth-order valence-electron chi connectivity index (χ4n) is 1.82. The largest absolute Gasteiger partial charge is 0.398 e. The number of nitrogens with one attached hydrogen (secondary N) is 1. The number of amides is 1. The Hall–Kier alpha value is -1.03. The molecule has 0 saturated heterocycles. The molecule has 1 amide bonds. The second-order valence-corrected chi connectivity index (χ2v) is 5.33. The third kappa shape index (κ3) is 4.33. The zero-order chi connectivity index (χ0) is 13.5. The van der Waals surface area contributed by atoms with Gasteiger partial charge < -0.3 is 11.1 Å². The number of hydrogen-bond acceptors (Lipinski definition) is 2. The first-order chi connectivity index (χ1) is 8.58. The molecule has 3 N–H and O–H groups in total. The van der Waals surface area contributed by atoms with Crippen LogP contribution >= 0.6 is 15.9 Å². The van der Waals surface area contributed by atoms with Gasteiger partial charge in [0.25, 0.3) is 0 Å². The average Bonchev–Trinajstić information content (AvgIpc) is 2.35. The molecular formula is C14H21BrN2O. The molecule has 1 atom stereocenters. The fraction of sp³-hybridized carbons (Fsp3) is 0.500. The second-order valence-electron chi connectivity index (χ2n) is 4.47. The van der Waals surface area contributed by atoms with Crippen molar-refractivity contribution in [1.29, 1.82) is 0 Å². The van der Waals surface area contributed by atoms with Crippen LogP contribution in [0.15, 0.2) is 22.7 Å². The van der Waals surface area contributed by atoms with Gasteiger partial charge in [0.1, 0.15) is 0 Å². The van der Waals surface area contributed by atoms with E-state index >= 15 is 0 Å². The smallest absolute Gasteiger partial charge is 0.227 e. The Bertz CT molecular complexity index is 407. The third-order valence-corrected chi connectivity index (χ3v) is 3.72. The Morgan fingerprint density at radius 1 is 1.44 bits per heavy atom. The summed E-state index contributed by atoms with van der Waals surface area (Å²) in [6, 6.07) is 5.44. The summed E-state index contributed by atoms with van der Waals surface area (Å²) in [7, 11) is 0. The number of rotatable bonds is 6. The van der Waals surface area contributed by atoms with E-state index in [0.717, 1.165) is 35.8 Å². The van der Waals surface area contributed by atoms with Crippen molar-refractivity contribution >= 4 is 33.2 Å². The first-order valence-corrected chi connectivity index (χ1v) is 7.23. The molecule has 1 aromatic rings. The first-order valence-electron chi connectivity index (χ1n) is 6.44. The molecule has 4 heteroatoms. The first kappa shape index (κ1) is 15.0. The van der Waals surface area contributed by atoms with Crippen LogP contribution in [-0.2, 0) is 4.79 Å². The van der Waals surface area contributed by atoms with Gasteiger partial charge in [-0.1, -0.05) is 26.7 Å². The van der Waals surface area contributed by atoms with Crippen LogP contribution in [0.25, 0.3) is 0 Å². The summed E-state index contributed by atoms with van der Waals surface area (Å²) < 4.78 is 0.807. The summed E-state index contributed by atoms with van der Waals surface area (Å²) >= 11 is 3.36. The van der Waals surface area contributed by atoms with E-state index in [1.165, 1.54) is 0 Å². The molecule has 1 unspecified atom stereocenters. The summed E-state index contributed by atoms with van der Waals surface area (Å²) in [4.78, 5) is 12.1. The lowest BCUT2D eigenvalue weighted by Crippen LogP contribution is -2.22. The molecule has 0 aliphatic heterocycles. The number of unbranched alkanes of at least 4 members (excludes halogenated alkanes) is 1. The zero-order valence-corrected chi connectivity index (χ0v) is 12.6. The van der Waals surface area contributed by atoms with Crippen molar-refractivity contribution in [3.05, 3.63) is 22.7 Å². The van der Waals surface area contributed by atoms with Crippen LogP contribution in [-0.4, -0.2) is 5.91 Å². The molecular weight excluding hydrogens is 292 g/mol. The molecule has 0 spiro atoms. The van der Waals surface area contributed by atoms with E-state index < -0.39 is 0 Å². The van der Waals surface area contributed by atoms with Crippen LogP contribution in [0.4, 0.5) is 11.4 Å². The summed E-state index contributed by atoms with van der Waals surface area (Å²) in [5.41, 5.74) is 7.17. The van der Waals surface area contributed by atoms with E-state index in [2.05, 4.69) is 35.1 Å². The van der Waals surface area contributed by atoms with Crippen LogP contribution < -0.4 is 11.1 Å². The van der Waals surface area contributed by atoms with Gasteiger partial charge in [-0.3, -0.25) is 4.79 Å². The lowest BCUT2D eigenvalue weighted by atomic mass is 9.98. The molecule has 18 heavy (non-hydrogen) atoms. The number of carbonyl (C=O) groups excluding carboxylic acids is 1. The van der Waals surface area contributed by atoms with Gasteiger partial charge in [0.2, 0.25) is 5.91 Å². The Morgan fingerprint density at radius 2 is 2.17 bits per heavy atom. The van der Waals surface area contributed by atoms with E-state index in [-0.39, 0.29) is 11.8 Å². The van der Waals surface area contributed by atoms with Gasteiger partial charge in [0.15, 0.2) is 0 Å². The lowest BCUT2D eigenvalue weighted by molar-refractivity contribution is -0.120. The highest BCUT2D eigenvalue weighted by Gasteiger charge is 2.15. The Labute approximate surface area is 117 Å². The maximum absolute atomic E-state index is 12.1. The minimum absolute atomic E-state index is 0.0984. The van der Waals surface area contributed by atoms with Crippen molar-refractivity contribution in [2.45, 2.75) is 39.5 Å². The van der Waals surface area contributed by atoms with Gasteiger partial charge >= 0.3 is 0 Å². The van der Waals surface area contributed by atoms with Crippen LogP contribution in [0.3, 0.4) is 0 Å². The van der Waals surface area contributed by atoms with Gasteiger partial charge in [-0.15, -0.1) is 0 Å². The van der Waals surface area contributed by atoms with Crippen molar-refractivity contribution in [2.75, 3.05) is 11.1 Å². The summed E-state index contributed by atoms with van der Waals surface area (Å²) in [5.74, 6) is 0.198. The highest BCUT2D eigenvalue weighted by atomic mass is 79.9. The molecule has 0 bridgehead atoms. The Kier molecular flexibility index (Phi) is 6.19. The normalized spacial score (nSPS) is 12.2. The fourth-order valence-corrected chi connectivity index (χ4v) is 2.20. The van der Waals surface area contributed by atoms with Gasteiger partial charge in [0, 0.05) is 21.8 Å². The lowest BCUT2D eigenvalue weighted by Gasteiger charge is -2.15. The minimum atomic E-state index is 0.0984. The average molecular weight is 313 g/mol. The topological polar surface area (TPSA) is 55.1 Å². The van der Waals surface area contributed by atoms with Crippen molar-refractivity contribution in [2.24, 2.45) is 5.92 Å². The van der Waals surface area contributed by atoms with Crippen LogP contribution in [0, 0.1) is 5.92 Å². The number of nitrogen functional groups attached to an aromatic ring is 1. The summed E-state index contributed by atoms with van der Waals surface area (Å²) in [5, 5.41) is 2.95. The molecule has 1 aromatic carbocycles. The Morgan fingerprint density at radius 3 is 2.72 bits per heavy atom. The Balaban J connectivity index is 2.64. The molecule has 0 saturated carbocycles. The predicted molar refractivity (Wildman–Crippen MR) is 80.5 cm³/mol. The van der Waals surface area contributed by atoms with Gasteiger partial charge in [-0.2, -0.15) is 0 Å². The highest BCUT2D eigenvalue weighted by Crippen LogP contribution is 2.24. The van der Waals surface area contributed by atoms with Crippen molar-refractivity contribution in [1.82, 2.24) is 0 Å². The van der Waals surface area contributed by atoms with Crippen LogP contribution in [0.5, 0.6) is 0 Å². The zero-order valence-electron chi connectivity index (χ0n) is 11.0.